The normalized spacial score (nSPS) is 18.2. The van der Waals surface area contributed by atoms with Crippen molar-refractivity contribution in [1.29, 1.82) is 0 Å². The number of rotatable bonds is 4. The Morgan fingerprint density at radius 1 is 1.27 bits per heavy atom. The first-order valence-electron chi connectivity index (χ1n) is 7.26. The van der Waals surface area contributed by atoms with Gasteiger partial charge in [0.2, 0.25) is 5.82 Å². The minimum atomic E-state index is -0.143. The van der Waals surface area contributed by atoms with Crippen molar-refractivity contribution in [3.63, 3.8) is 0 Å². The van der Waals surface area contributed by atoms with Crippen LogP contribution in [0.1, 0.15) is 22.7 Å². The van der Waals surface area contributed by atoms with Gasteiger partial charge in [0.25, 0.3) is 5.91 Å². The van der Waals surface area contributed by atoms with Gasteiger partial charge in [0.1, 0.15) is 6.33 Å². The van der Waals surface area contributed by atoms with Crippen LogP contribution >= 0.6 is 0 Å². The molecule has 2 aromatic rings. The summed E-state index contributed by atoms with van der Waals surface area (Å²) in [6, 6.07) is 3.59. The van der Waals surface area contributed by atoms with Crippen LogP contribution in [-0.2, 0) is 11.2 Å². The highest BCUT2D eigenvalue weighted by Gasteiger charge is 2.26. The third-order valence-electron chi connectivity index (χ3n) is 3.55. The molecule has 22 heavy (non-hydrogen) atoms. The Kier molecular flexibility index (Phi) is 4.65. The van der Waals surface area contributed by atoms with Crippen LogP contribution < -0.4 is 0 Å². The fourth-order valence-corrected chi connectivity index (χ4v) is 2.40. The molecule has 1 amide bonds. The first kappa shape index (κ1) is 14.5. The molecule has 0 N–H and O–H groups in total. The van der Waals surface area contributed by atoms with Gasteiger partial charge in [-0.15, -0.1) is 0 Å². The third kappa shape index (κ3) is 3.62. The quantitative estimate of drug-likeness (QED) is 0.828. The van der Waals surface area contributed by atoms with E-state index in [1.807, 2.05) is 6.07 Å². The van der Waals surface area contributed by atoms with E-state index in [2.05, 4.69) is 19.9 Å². The van der Waals surface area contributed by atoms with Crippen LogP contribution in [0.4, 0.5) is 0 Å². The monoisotopic (exact) mass is 299 g/mol. The molecule has 1 atom stereocenters. The lowest BCUT2D eigenvalue weighted by molar-refractivity contribution is -0.0250. The topological polar surface area (TPSA) is 81.1 Å². The first-order chi connectivity index (χ1) is 10.8. The van der Waals surface area contributed by atoms with Crippen molar-refractivity contribution in [2.45, 2.75) is 18.9 Å². The van der Waals surface area contributed by atoms with Gasteiger partial charge < -0.3 is 9.64 Å². The number of nitrogens with zero attached hydrogens (tertiary/aromatic N) is 5. The highest BCUT2D eigenvalue weighted by Crippen LogP contribution is 2.13. The van der Waals surface area contributed by atoms with E-state index in [1.54, 1.807) is 35.9 Å². The minimum absolute atomic E-state index is 0.0105. The van der Waals surface area contributed by atoms with Crippen LogP contribution in [0.3, 0.4) is 0 Å². The summed E-state index contributed by atoms with van der Waals surface area (Å²) < 4.78 is 5.74. The SMILES string of the molecule is O=C(c1ncccn1)N1CCOC(CCc2ccncn2)C1. The molecule has 0 aromatic carbocycles. The Morgan fingerprint density at radius 2 is 2.14 bits per heavy atom. The molecule has 7 nitrogen and oxygen atoms in total. The summed E-state index contributed by atoms with van der Waals surface area (Å²) >= 11 is 0. The maximum atomic E-state index is 12.3. The lowest BCUT2D eigenvalue weighted by Gasteiger charge is -2.32. The number of hydrogen-bond donors (Lipinski definition) is 0. The number of amides is 1. The Bertz CT molecular complexity index is 608. The van der Waals surface area contributed by atoms with Crippen LogP contribution in [0.2, 0.25) is 0 Å². The third-order valence-corrected chi connectivity index (χ3v) is 3.55. The molecule has 0 spiro atoms. The van der Waals surface area contributed by atoms with E-state index in [0.29, 0.717) is 19.7 Å². The lowest BCUT2D eigenvalue weighted by atomic mass is 10.1. The summed E-state index contributed by atoms with van der Waals surface area (Å²) in [7, 11) is 0. The van der Waals surface area contributed by atoms with Crippen molar-refractivity contribution in [3.8, 4) is 0 Å². The van der Waals surface area contributed by atoms with Crippen LogP contribution in [-0.4, -0.2) is 56.5 Å². The molecule has 1 saturated heterocycles. The average molecular weight is 299 g/mol. The molecule has 2 aromatic heterocycles. The number of carbonyl (C=O) groups excluding carboxylic acids is 1. The van der Waals surface area contributed by atoms with Crippen molar-refractivity contribution >= 4 is 5.91 Å². The average Bonchev–Trinajstić information content (AvgIpc) is 2.61. The van der Waals surface area contributed by atoms with Gasteiger partial charge in [0, 0.05) is 37.4 Å². The Hall–Kier alpha value is -2.41. The van der Waals surface area contributed by atoms with Gasteiger partial charge >= 0.3 is 0 Å². The zero-order valence-corrected chi connectivity index (χ0v) is 12.1. The van der Waals surface area contributed by atoms with Gasteiger partial charge in [-0.05, 0) is 25.0 Å². The number of hydrogen-bond acceptors (Lipinski definition) is 6. The van der Waals surface area contributed by atoms with Gasteiger partial charge in [-0.3, -0.25) is 4.79 Å². The minimum Gasteiger partial charge on any atom is -0.375 e. The molecular formula is C15H17N5O2. The molecule has 1 unspecified atom stereocenters. The predicted octanol–water partition coefficient (Wildman–Crippen LogP) is 0.740. The lowest BCUT2D eigenvalue weighted by Crippen LogP contribution is -2.46. The van der Waals surface area contributed by atoms with E-state index in [4.69, 9.17) is 4.74 Å². The second-order valence-corrected chi connectivity index (χ2v) is 5.06. The highest BCUT2D eigenvalue weighted by molar-refractivity contribution is 5.90. The fourth-order valence-electron chi connectivity index (χ4n) is 2.40. The number of ether oxygens (including phenoxy) is 1. The largest absolute Gasteiger partial charge is 0.375 e. The number of morpholine rings is 1. The summed E-state index contributed by atoms with van der Waals surface area (Å²) in [4.78, 5) is 30.2. The van der Waals surface area contributed by atoms with Gasteiger partial charge in [-0.2, -0.15) is 0 Å². The second-order valence-electron chi connectivity index (χ2n) is 5.06. The van der Waals surface area contributed by atoms with Crippen LogP contribution in [0.25, 0.3) is 0 Å². The Balaban J connectivity index is 1.56. The van der Waals surface area contributed by atoms with Gasteiger partial charge in [-0.1, -0.05) is 0 Å². The summed E-state index contributed by atoms with van der Waals surface area (Å²) in [5, 5.41) is 0. The number of carbonyl (C=O) groups is 1. The van der Waals surface area contributed by atoms with E-state index < -0.39 is 0 Å². The highest BCUT2D eigenvalue weighted by atomic mass is 16.5. The van der Waals surface area contributed by atoms with E-state index >= 15 is 0 Å². The molecule has 1 aliphatic heterocycles. The number of aryl methyl sites for hydroxylation is 1. The molecule has 7 heteroatoms. The van der Waals surface area contributed by atoms with E-state index in [0.717, 1.165) is 18.5 Å². The summed E-state index contributed by atoms with van der Waals surface area (Å²) in [6.07, 6.45) is 8.05. The molecule has 114 valence electrons. The van der Waals surface area contributed by atoms with Gasteiger partial charge in [-0.25, -0.2) is 19.9 Å². The van der Waals surface area contributed by atoms with Crippen LogP contribution in [0.5, 0.6) is 0 Å². The molecule has 0 radical (unpaired) electrons. The van der Waals surface area contributed by atoms with E-state index in [9.17, 15) is 4.79 Å². The maximum absolute atomic E-state index is 12.3. The summed E-state index contributed by atoms with van der Waals surface area (Å²) in [5.74, 6) is 0.0925. The maximum Gasteiger partial charge on any atom is 0.291 e. The van der Waals surface area contributed by atoms with E-state index in [-0.39, 0.29) is 17.8 Å². The molecule has 3 heterocycles. The molecule has 1 aliphatic rings. The van der Waals surface area contributed by atoms with E-state index in [1.165, 1.54) is 0 Å². The van der Waals surface area contributed by atoms with Crippen molar-refractivity contribution in [1.82, 2.24) is 24.8 Å². The van der Waals surface area contributed by atoms with Crippen molar-refractivity contribution in [2.75, 3.05) is 19.7 Å². The molecular weight excluding hydrogens is 282 g/mol. The van der Waals surface area contributed by atoms with Crippen LogP contribution in [0.15, 0.2) is 37.1 Å². The second kappa shape index (κ2) is 7.04. The molecule has 0 aliphatic carbocycles. The standard InChI is InChI=1S/C15H17N5O2/c21-15(14-17-5-1-6-18-14)20-8-9-22-13(10-20)3-2-12-4-7-16-11-19-12/h1,4-7,11,13H,2-3,8-10H2. The van der Waals surface area contributed by atoms with Crippen molar-refractivity contribution in [2.24, 2.45) is 0 Å². The van der Waals surface area contributed by atoms with Crippen molar-refractivity contribution < 1.29 is 9.53 Å². The summed E-state index contributed by atoms with van der Waals surface area (Å²) in [5.41, 5.74) is 0.980. The number of aromatic nitrogens is 4. The molecule has 0 saturated carbocycles. The molecule has 0 bridgehead atoms. The summed E-state index contributed by atoms with van der Waals surface area (Å²) in [6.45, 7) is 1.66. The van der Waals surface area contributed by atoms with Gasteiger partial charge in [0.15, 0.2) is 0 Å². The van der Waals surface area contributed by atoms with Crippen LogP contribution in [0, 0.1) is 0 Å². The first-order valence-corrected chi connectivity index (χ1v) is 7.26. The predicted molar refractivity (Wildman–Crippen MR) is 78.0 cm³/mol. The molecule has 3 rings (SSSR count). The Labute approximate surface area is 128 Å². The zero-order chi connectivity index (χ0) is 15.2. The molecule has 1 fully saturated rings. The fraction of sp³-hybridized carbons (Fsp3) is 0.400. The van der Waals surface area contributed by atoms with Gasteiger partial charge in [0.05, 0.1) is 12.7 Å². The smallest absolute Gasteiger partial charge is 0.291 e. The van der Waals surface area contributed by atoms with Crippen molar-refractivity contribution in [3.05, 3.63) is 48.6 Å². The zero-order valence-electron chi connectivity index (χ0n) is 12.1. The Morgan fingerprint density at radius 3 is 2.91 bits per heavy atom.